The van der Waals surface area contributed by atoms with Gasteiger partial charge in [0.2, 0.25) is 0 Å². The molecule has 2 amide bonds. The van der Waals surface area contributed by atoms with Crippen molar-refractivity contribution in [1.29, 1.82) is 0 Å². The molecule has 0 saturated carbocycles. The summed E-state index contributed by atoms with van der Waals surface area (Å²) in [5, 5.41) is 3.72. The largest absolute Gasteiger partial charge is 0.442 e. The monoisotopic (exact) mass is 379 g/mol. The number of hydrogen-bond acceptors (Lipinski definition) is 3. The predicted molar refractivity (Wildman–Crippen MR) is 88.5 cm³/mol. The van der Waals surface area contributed by atoms with E-state index in [9.17, 15) is 27.2 Å². The molecule has 0 bridgehead atoms. The average molecular weight is 379 g/mol. The van der Waals surface area contributed by atoms with Crippen LogP contribution < -0.4 is 10.6 Å². The molecule has 0 spiro atoms. The number of carbonyl (C=O) groups is 2. The Morgan fingerprint density at radius 2 is 1.81 bits per heavy atom. The van der Waals surface area contributed by atoms with Crippen molar-refractivity contribution < 1.29 is 27.2 Å². The second-order valence-corrected chi connectivity index (χ2v) is 5.95. The molecule has 0 aromatic heterocycles. The summed E-state index contributed by atoms with van der Waals surface area (Å²) in [6.07, 6.45) is -5.20. The van der Waals surface area contributed by atoms with Crippen molar-refractivity contribution in [1.82, 2.24) is 10.6 Å². The van der Waals surface area contributed by atoms with Gasteiger partial charge in [0.15, 0.2) is 0 Å². The van der Waals surface area contributed by atoms with Crippen molar-refractivity contribution >= 4 is 17.6 Å². The average Bonchev–Trinajstić information content (AvgIpc) is 2.93. The van der Waals surface area contributed by atoms with Gasteiger partial charge >= 0.3 is 11.8 Å². The zero-order valence-corrected chi connectivity index (χ0v) is 13.9. The second kappa shape index (κ2) is 6.49. The van der Waals surface area contributed by atoms with E-state index in [1.807, 2.05) is 0 Å². The zero-order valence-electron chi connectivity index (χ0n) is 13.9. The van der Waals surface area contributed by atoms with Crippen LogP contribution in [0.1, 0.15) is 21.5 Å². The van der Waals surface area contributed by atoms with Gasteiger partial charge < -0.3 is 10.6 Å². The van der Waals surface area contributed by atoms with Crippen molar-refractivity contribution in [3.63, 3.8) is 0 Å². The molecule has 2 N–H and O–H groups in total. The minimum absolute atomic E-state index is 0.243. The molecule has 1 aliphatic rings. The Hall–Kier alpha value is -3.23. The first-order valence-electron chi connectivity index (χ1n) is 7.75. The summed E-state index contributed by atoms with van der Waals surface area (Å²) >= 11 is 0. The molecular formula is C18H13F4N3O2. The normalized spacial score (nSPS) is 19.4. The van der Waals surface area contributed by atoms with Crippen molar-refractivity contribution in [2.24, 2.45) is 4.99 Å². The molecule has 0 saturated heterocycles. The van der Waals surface area contributed by atoms with Crippen LogP contribution in [0.3, 0.4) is 0 Å². The SMILES string of the molecule is Cc1cccc(C2=NC(NC(=O)c3ccc(F)cc3)(C(F)(F)F)C(=O)N2)c1. The number of benzene rings is 2. The summed E-state index contributed by atoms with van der Waals surface area (Å²) in [4.78, 5) is 27.9. The predicted octanol–water partition coefficient (Wildman–Crippen LogP) is 2.70. The first-order chi connectivity index (χ1) is 12.6. The lowest BCUT2D eigenvalue weighted by molar-refractivity contribution is -0.192. The lowest BCUT2D eigenvalue weighted by Gasteiger charge is -2.27. The lowest BCUT2D eigenvalue weighted by atomic mass is 10.1. The number of rotatable bonds is 3. The van der Waals surface area contributed by atoms with Gasteiger partial charge in [0.1, 0.15) is 11.7 Å². The molecule has 140 valence electrons. The van der Waals surface area contributed by atoms with Crippen molar-refractivity contribution in [3.8, 4) is 0 Å². The molecule has 0 aliphatic carbocycles. The number of nitrogens with zero attached hydrogens (tertiary/aromatic N) is 1. The minimum atomic E-state index is -5.20. The highest BCUT2D eigenvalue weighted by Crippen LogP contribution is 2.35. The van der Waals surface area contributed by atoms with E-state index in [4.69, 9.17) is 0 Å². The van der Waals surface area contributed by atoms with Gasteiger partial charge in [0.05, 0.1) is 0 Å². The number of amides is 2. The van der Waals surface area contributed by atoms with E-state index in [2.05, 4.69) is 10.3 Å². The number of carbonyl (C=O) groups excluding carboxylic acids is 2. The van der Waals surface area contributed by atoms with Crippen LogP contribution in [0.4, 0.5) is 17.6 Å². The third-order valence-corrected chi connectivity index (χ3v) is 3.94. The van der Waals surface area contributed by atoms with Crippen molar-refractivity contribution in [3.05, 3.63) is 71.0 Å². The molecular weight excluding hydrogens is 366 g/mol. The third kappa shape index (κ3) is 3.40. The van der Waals surface area contributed by atoms with Crippen LogP contribution in [0.5, 0.6) is 0 Å². The van der Waals surface area contributed by atoms with Crippen LogP contribution >= 0.6 is 0 Å². The maximum atomic E-state index is 13.7. The quantitative estimate of drug-likeness (QED) is 0.805. The highest BCUT2D eigenvalue weighted by molar-refractivity contribution is 6.16. The second-order valence-electron chi connectivity index (χ2n) is 5.95. The number of amidine groups is 1. The first kappa shape index (κ1) is 18.6. The van der Waals surface area contributed by atoms with Crippen LogP contribution in [0.25, 0.3) is 0 Å². The molecule has 5 nitrogen and oxygen atoms in total. The molecule has 1 aliphatic heterocycles. The fourth-order valence-corrected chi connectivity index (χ4v) is 2.56. The van der Waals surface area contributed by atoms with Crippen LogP contribution in [-0.4, -0.2) is 29.5 Å². The number of hydrogen-bond donors (Lipinski definition) is 2. The van der Waals surface area contributed by atoms with Gasteiger partial charge in [-0.05, 0) is 37.3 Å². The molecule has 2 aromatic carbocycles. The molecule has 3 rings (SSSR count). The summed E-state index contributed by atoms with van der Waals surface area (Å²) < 4.78 is 54.2. The van der Waals surface area contributed by atoms with E-state index < -0.39 is 29.5 Å². The number of halogens is 4. The number of aliphatic imine (C=N–C) groups is 1. The molecule has 1 heterocycles. The van der Waals surface area contributed by atoms with E-state index in [0.29, 0.717) is 0 Å². The van der Waals surface area contributed by atoms with E-state index in [0.717, 1.165) is 29.8 Å². The van der Waals surface area contributed by atoms with E-state index in [1.54, 1.807) is 30.4 Å². The fraction of sp³-hybridized carbons (Fsp3) is 0.167. The summed E-state index contributed by atoms with van der Waals surface area (Å²) in [7, 11) is 0. The Kier molecular flexibility index (Phi) is 4.46. The Labute approximate surface area is 151 Å². The lowest BCUT2D eigenvalue weighted by Crippen LogP contribution is -2.63. The Morgan fingerprint density at radius 1 is 1.15 bits per heavy atom. The summed E-state index contributed by atoms with van der Waals surface area (Å²) in [6.45, 7) is 1.73. The molecule has 2 aromatic rings. The van der Waals surface area contributed by atoms with Crippen LogP contribution in [0, 0.1) is 12.7 Å². The van der Waals surface area contributed by atoms with Gasteiger partial charge in [-0.15, -0.1) is 0 Å². The van der Waals surface area contributed by atoms with E-state index >= 15 is 0 Å². The molecule has 27 heavy (non-hydrogen) atoms. The smallest absolute Gasteiger partial charge is 0.312 e. The zero-order chi connectivity index (χ0) is 19.8. The van der Waals surface area contributed by atoms with E-state index in [1.165, 1.54) is 6.07 Å². The maximum Gasteiger partial charge on any atom is 0.442 e. The first-order valence-corrected chi connectivity index (χ1v) is 7.75. The van der Waals surface area contributed by atoms with E-state index in [-0.39, 0.29) is 17.0 Å². The molecule has 0 radical (unpaired) electrons. The van der Waals surface area contributed by atoms with Crippen LogP contribution in [0.15, 0.2) is 53.5 Å². The van der Waals surface area contributed by atoms with Gasteiger partial charge in [0.25, 0.3) is 11.8 Å². The number of alkyl halides is 3. The van der Waals surface area contributed by atoms with Crippen LogP contribution in [-0.2, 0) is 4.79 Å². The number of nitrogens with one attached hydrogen (secondary N) is 2. The van der Waals surface area contributed by atoms with Crippen LogP contribution in [0.2, 0.25) is 0 Å². The number of aryl methyl sites for hydroxylation is 1. The summed E-state index contributed by atoms with van der Waals surface area (Å²) in [5.74, 6) is -3.70. The van der Waals surface area contributed by atoms with Crippen molar-refractivity contribution in [2.45, 2.75) is 18.8 Å². The third-order valence-electron chi connectivity index (χ3n) is 3.94. The van der Waals surface area contributed by atoms with Gasteiger partial charge in [-0.3, -0.25) is 9.59 Å². The summed E-state index contributed by atoms with van der Waals surface area (Å²) in [6, 6.07) is 10.2. The molecule has 0 fully saturated rings. The maximum absolute atomic E-state index is 13.7. The minimum Gasteiger partial charge on any atom is -0.312 e. The Bertz CT molecular complexity index is 938. The molecule has 1 atom stereocenters. The highest BCUT2D eigenvalue weighted by Gasteiger charge is 2.65. The fourth-order valence-electron chi connectivity index (χ4n) is 2.56. The standard InChI is InChI=1S/C18H13F4N3O2/c1-10-3-2-4-12(9-10)14-23-16(27)17(24-14,18(20,21)22)25-15(26)11-5-7-13(19)8-6-11/h2-9H,1H3,(H,25,26)(H,23,24,27). The van der Waals surface area contributed by atoms with Gasteiger partial charge in [-0.1, -0.05) is 23.8 Å². The topological polar surface area (TPSA) is 70.6 Å². The van der Waals surface area contributed by atoms with Gasteiger partial charge in [-0.25, -0.2) is 9.38 Å². The molecule has 1 unspecified atom stereocenters. The Morgan fingerprint density at radius 3 is 2.41 bits per heavy atom. The molecule has 9 heteroatoms. The highest BCUT2D eigenvalue weighted by atomic mass is 19.4. The Balaban J connectivity index is 2.01. The van der Waals surface area contributed by atoms with Gasteiger partial charge in [0, 0.05) is 11.1 Å². The van der Waals surface area contributed by atoms with Crippen molar-refractivity contribution in [2.75, 3.05) is 0 Å². The van der Waals surface area contributed by atoms with Gasteiger partial charge in [-0.2, -0.15) is 13.2 Å². The summed E-state index contributed by atoms with van der Waals surface area (Å²) in [5.41, 5.74) is -2.70.